The van der Waals surface area contributed by atoms with Crippen LogP contribution in [0.4, 0.5) is 5.69 Å². The Balaban J connectivity index is 1.69. The molecule has 0 atom stereocenters. The molecule has 0 bridgehead atoms. The number of pyridine rings is 1. The topological polar surface area (TPSA) is 77.2 Å². The van der Waals surface area contributed by atoms with Crippen molar-refractivity contribution in [1.29, 1.82) is 0 Å². The van der Waals surface area contributed by atoms with E-state index < -0.39 is 0 Å². The summed E-state index contributed by atoms with van der Waals surface area (Å²) in [5, 5.41) is 3.30. The molecule has 2 aromatic carbocycles. The lowest BCUT2D eigenvalue weighted by atomic mass is 10.1. The molecule has 1 amide bonds. The van der Waals surface area contributed by atoms with E-state index in [1.807, 2.05) is 0 Å². The van der Waals surface area contributed by atoms with Gasteiger partial charge in [-0.25, -0.2) is 4.98 Å². The number of benzene rings is 2. The largest absolute Gasteiger partial charge is 0.495 e. The normalized spacial score (nSPS) is 10.9. The number of nitrogens with one attached hydrogen (secondary N) is 1. The van der Waals surface area contributed by atoms with Gasteiger partial charge < -0.3 is 14.5 Å². The number of amides is 1. The maximum atomic E-state index is 12.9. The summed E-state index contributed by atoms with van der Waals surface area (Å²) in [5.41, 5.74) is 2.48. The van der Waals surface area contributed by atoms with Crippen LogP contribution >= 0.6 is 43.5 Å². The summed E-state index contributed by atoms with van der Waals surface area (Å²) >= 11 is 13.1. The zero-order chi connectivity index (χ0) is 20.5. The van der Waals surface area contributed by atoms with E-state index in [1.165, 1.54) is 7.11 Å². The lowest BCUT2D eigenvalue weighted by molar-refractivity contribution is 0.102. The lowest BCUT2D eigenvalue weighted by Crippen LogP contribution is -2.13. The molecule has 2 aromatic heterocycles. The monoisotopic (exact) mass is 535 g/mol. The average Bonchev–Trinajstić information content (AvgIpc) is 3.12. The number of hydrogen-bond donors (Lipinski definition) is 1. The molecule has 0 aliphatic heterocycles. The maximum Gasteiger partial charge on any atom is 0.259 e. The molecule has 4 rings (SSSR count). The van der Waals surface area contributed by atoms with Crippen molar-refractivity contribution in [1.82, 2.24) is 9.97 Å². The number of carbonyl (C=O) groups excluding carboxylic acids is 1. The molecule has 1 N–H and O–H groups in total. The number of oxazole rings is 1. The number of fused-ring (bicyclic) bond motifs is 1. The number of rotatable bonds is 4. The number of aromatic nitrogens is 2. The lowest BCUT2D eigenvalue weighted by Gasteiger charge is -2.12. The first-order valence-corrected chi connectivity index (χ1v) is 10.3. The van der Waals surface area contributed by atoms with Gasteiger partial charge in [-0.2, -0.15) is 4.98 Å². The van der Waals surface area contributed by atoms with E-state index in [4.69, 9.17) is 20.8 Å². The summed E-state index contributed by atoms with van der Waals surface area (Å²) in [6, 6.07) is 12.1. The van der Waals surface area contributed by atoms with Gasteiger partial charge in [-0.1, -0.05) is 27.5 Å². The number of nitrogens with zero attached hydrogens (tertiary/aromatic N) is 2. The third kappa shape index (κ3) is 4.01. The maximum absolute atomic E-state index is 12.9. The fourth-order valence-corrected chi connectivity index (χ4v) is 4.37. The first kappa shape index (κ1) is 19.9. The summed E-state index contributed by atoms with van der Waals surface area (Å²) in [6.07, 6.45) is 1.64. The molecule has 0 fully saturated rings. The first-order chi connectivity index (χ1) is 14.0. The van der Waals surface area contributed by atoms with Crippen LogP contribution in [0.1, 0.15) is 10.4 Å². The molecule has 9 heteroatoms. The van der Waals surface area contributed by atoms with E-state index in [2.05, 4.69) is 47.1 Å². The number of halogens is 3. The van der Waals surface area contributed by atoms with Crippen LogP contribution in [-0.2, 0) is 0 Å². The smallest absolute Gasteiger partial charge is 0.259 e. The minimum atomic E-state index is -0.337. The molecule has 4 aromatic rings. The van der Waals surface area contributed by atoms with Gasteiger partial charge in [-0.05, 0) is 58.4 Å². The van der Waals surface area contributed by atoms with Gasteiger partial charge >= 0.3 is 0 Å². The Morgan fingerprint density at radius 1 is 1.21 bits per heavy atom. The molecule has 29 heavy (non-hydrogen) atoms. The van der Waals surface area contributed by atoms with Crippen molar-refractivity contribution in [3.63, 3.8) is 0 Å². The van der Waals surface area contributed by atoms with Gasteiger partial charge in [0.15, 0.2) is 11.2 Å². The van der Waals surface area contributed by atoms with Crippen LogP contribution in [0.15, 0.2) is 62.0 Å². The Kier molecular flexibility index (Phi) is 5.58. The molecule has 0 aliphatic rings. The van der Waals surface area contributed by atoms with Gasteiger partial charge in [0, 0.05) is 16.4 Å². The number of hydrogen-bond acceptors (Lipinski definition) is 5. The van der Waals surface area contributed by atoms with Gasteiger partial charge in [0.1, 0.15) is 5.75 Å². The molecule has 0 saturated carbocycles. The quantitative estimate of drug-likeness (QED) is 0.329. The van der Waals surface area contributed by atoms with E-state index in [-0.39, 0.29) is 5.91 Å². The molecule has 146 valence electrons. The molecule has 0 spiro atoms. The Labute approximate surface area is 187 Å². The van der Waals surface area contributed by atoms with Crippen molar-refractivity contribution in [2.45, 2.75) is 0 Å². The summed E-state index contributed by atoms with van der Waals surface area (Å²) < 4.78 is 12.5. The average molecular weight is 538 g/mol. The highest BCUT2D eigenvalue weighted by Crippen LogP contribution is 2.35. The van der Waals surface area contributed by atoms with Crippen LogP contribution in [0, 0.1) is 0 Å². The van der Waals surface area contributed by atoms with Gasteiger partial charge in [0.25, 0.3) is 5.91 Å². The van der Waals surface area contributed by atoms with E-state index >= 15 is 0 Å². The fraction of sp³-hybridized carbons (Fsp3) is 0.0500. The third-order valence-corrected chi connectivity index (χ3v) is 5.45. The van der Waals surface area contributed by atoms with Gasteiger partial charge in [-0.15, -0.1) is 0 Å². The van der Waals surface area contributed by atoms with Crippen LogP contribution in [0.25, 0.3) is 22.7 Å². The Morgan fingerprint density at radius 3 is 2.79 bits per heavy atom. The van der Waals surface area contributed by atoms with E-state index in [9.17, 15) is 4.79 Å². The van der Waals surface area contributed by atoms with Gasteiger partial charge in [0.2, 0.25) is 5.89 Å². The standard InChI is InChI=1S/C20H12Br2ClN3O3/c1-28-17-13(7-10(21)8-14(17)22)19(27)25-11-4-5-15(23)12(9-11)20-26-18-16(29-20)3-2-6-24-18/h2-9H,1H3,(H,25,27). The molecule has 0 aliphatic carbocycles. The van der Waals surface area contributed by atoms with Crippen LogP contribution < -0.4 is 10.1 Å². The minimum Gasteiger partial charge on any atom is -0.495 e. The highest BCUT2D eigenvalue weighted by atomic mass is 79.9. The second-order valence-electron chi connectivity index (χ2n) is 5.96. The Bertz CT molecular complexity index is 1210. The Morgan fingerprint density at radius 2 is 2.03 bits per heavy atom. The molecular weight excluding hydrogens is 525 g/mol. The number of ether oxygens (including phenoxy) is 1. The highest BCUT2D eigenvalue weighted by Gasteiger charge is 2.18. The second kappa shape index (κ2) is 8.14. The zero-order valence-electron chi connectivity index (χ0n) is 14.9. The van der Waals surface area contributed by atoms with Crippen LogP contribution in [0.5, 0.6) is 5.75 Å². The highest BCUT2D eigenvalue weighted by molar-refractivity contribution is 9.11. The van der Waals surface area contributed by atoms with Crippen molar-refractivity contribution in [2.24, 2.45) is 0 Å². The first-order valence-electron chi connectivity index (χ1n) is 8.32. The summed E-state index contributed by atoms with van der Waals surface area (Å²) in [7, 11) is 1.51. The van der Waals surface area contributed by atoms with Gasteiger partial charge in [0.05, 0.1) is 27.7 Å². The minimum absolute atomic E-state index is 0.322. The fourth-order valence-electron chi connectivity index (χ4n) is 2.79. The molecule has 0 saturated heterocycles. The summed E-state index contributed by atoms with van der Waals surface area (Å²) in [6.45, 7) is 0. The van der Waals surface area contributed by atoms with Crippen LogP contribution in [0.2, 0.25) is 5.02 Å². The van der Waals surface area contributed by atoms with Crippen molar-refractivity contribution in [2.75, 3.05) is 12.4 Å². The number of methoxy groups -OCH3 is 1. The van der Waals surface area contributed by atoms with Crippen molar-refractivity contribution >= 4 is 66.3 Å². The number of anilines is 1. The van der Waals surface area contributed by atoms with E-state index in [0.29, 0.717) is 49.2 Å². The van der Waals surface area contributed by atoms with Crippen molar-refractivity contribution in [3.8, 4) is 17.2 Å². The second-order valence-corrected chi connectivity index (χ2v) is 8.14. The number of carbonyl (C=O) groups is 1. The molecule has 2 heterocycles. The Hall–Kier alpha value is -2.42. The molecule has 0 unspecified atom stereocenters. The molecule has 6 nitrogen and oxygen atoms in total. The van der Waals surface area contributed by atoms with Crippen molar-refractivity contribution < 1.29 is 13.9 Å². The van der Waals surface area contributed by atoms with Crippen molar-refractivity contribution in [3.05, 3.63) is 68.2 Å². The summed E-state index contributed by atoms with van der Waals surface area (Å²) in [4.78, 5) is 21.4. The summed E-state index contributed by atoms with van der Waals surface area (Å²) in [5.74, 6) is 0.420. The predicted molar refractivity (Wildman–Crippen MR) is 119 cm³/mol. The van der Waals surface area contributed by atoms with E-state index in [1.54, 1.807) is 48.7 Å². The van der Waals surface area contributed by atoms with Gasteiger partial charge in [-0.3, -0.25) is 4.79 Å². The third-order valence-electron chi connectivity index (χ3n) is 4.08. The zero-order valence-corrected chi connectivity index (χ0v) is 18.8. The predicted octanol–water partition coefficient (Wildman–Crippen LogP) is 6.33. The molecule has 0 radical (unpaired) electrons. The van der Waals surface area contributed by atoms with Crippen LogP contribution in [-0.4, -0.2) is 23.0 Å². The van der Waals surface area contributed by atoms with E-state index in [0.717, 1.165) is 4.47 Å². The van der Waals surface area contributed by atoms with Crippen LogP contribution in [0.3, 0.4) is 0 Å². The SMILES string of the molecule is COc1c(Br)cc(Br)cc1C(=O)Nc1ccc(Cl)c(-c2nc3ncccc3o2)c1. The molecular formula is C20H12Br2ClN3O3.